The minimum absolute atomic E-state index is 0.101. The van der Waals surface area contributed by atoms with Gasteiger partial charge in [0.05, 0.1) is 16.1 Å². The standard InChI is InChI=1S/C13H13N5OS/c14-8-3-1-4-9-12(8)16-13(10-5-2-6-20-10)18(9)7-11(19)17-15/h1-6H,7,14-15H2,(H,17,19). The number of imidazole rings is 1. The lowest BCUT2D eigenvalue weighted by molar-refractivity contribution is -0.121. The van der Waals surface area contributed by atoms with Gasteiger partial charge in [0.1, 0.15) is 12.1 Å². The van der Waals surface area contributed by atoms with Gasteiger partial charge in [0.25, 0.3) is 5.91 Å². The lowest BCUT2D eigenvalue weighted by Crippen LogP contribution is -2.33. The van der Waals surface area contributed by atoms with Gasteiger partial charge in [0.2, 0.25) is 0 Å². The van der Waals surface area contributed by atoms with Crippen molar-refractivity contribution >= 4 is 34.0 Å². The Labute approximate surface area is 119 Å². The van der Waals surface area contributed by atoms with E-state index in [1.54, 1.807) is 17.4 Å². The van der Waals surface area contributed by atoms with Crippen molar-refractivity contribution in [2.75, 3.05) is 5.73 Å². The molecule has 6 nitrogen and oxygen atoms in total. The quantitative estimate of drug-likeness (QED) is 0.293. The number of hydrazine groups is 1. The fraction of sp³-hybridized carbons (Fsp3) is 0.0769. The van der Waals surface area contributed by atoms with Crippen LogP contribution in [0.5, 0.6) is 0 Å². The number of para-hydroxylation sites is 1. The van der Waals surface area contributed by atoms with E-state index in [1.807, 2.05) is 34.2 Å². The number of nitrogens with one attached hydrogen (secondary N) is 1. The van der Waals surface area contributed by atoms with Gasteiger partial charge in [-0.3, -0.25) is 10.2 Å². The van der Waals surface area contributed by atoms with Crippen LogP contribution in [-0.2, 0) is 11.3 Å². The maximum Gasteiger partial charge on any atom is 0.253 e. The highest BCUT2D eigenvalue weighted by molar-refractivity contribution is 7.13. The van der Waals surface area contributed by atoms with E-state index in [1.165, 1.54) is 0 Å². The molecule has 2 aromatic heterocycles. The van der Waals surface area contributed by atoms with Gasteiger partial charge in [-0.2, -0.15) is 0 Å². The number of nitrogens with two attached hydrogens (primary N) is 2. The van der Waals surface area contributed by atoms with Gasteiger partial charge in [0.15, 0.2) is 5.82 Å². The molecule has 1 aromatic carbocycles. The molecule has 2 heterocycles. The van der Waals surface area contributed by atoms with E-state index in [0.29, 0.717) is 11.2 Å². The lowest BCUT2D eigenvalue weighted by Gasteiger charge is -2.06. The number of fused-ring (bicyclic) bond motifs is 1. The monoisotopic (exact) mass is 287 g/mol. The van der Waals surface area contributed by atoms with Crippen LogP contribution in [0.15, 0.2) is 35.7 Å². The number of aromatic nitrogens is 2. The Morgan fingerprint density at radius 3 is 2.90 bits per heavy atom. The summed E-state index contributed by atoms with van der Waals surface area (Å²) in [6.45, 7) is 0.101. The maximum atomic E-state index is 11.6. The number of nitrogens with zero attached hydrogens (tertiary/aromatic N) is 2. The predicted octanol–water partition coefficient (Wildman–Crippen LogP) is 1.34. The van der Waals surface area contributed by atoms with Crippen LogP contribution in [0.1, 0.15) is 0 Å². The number of thiophene rings is 1. The Kier molecular flexibility index (Phi) is 3.13. The van der Waals surface area contributed by atoms with Crippen molar-refractivity contribution in [2.24, 2.45) is 5.84 Å². The van der Waals surface area contributed by atoms with Crippen molar-refractivity contribution in [3.05, 3.63) is 35.7 Å². The second kappa shape index (κ2) is 4.95. The largest absolute Gasteiger partial charge is 0.397 e. The summed E-state index contributed by atoms with van der Waals surface area (Å²) in [6.07, 6.45) is 0. The third-order valence-corrected chi connectivity index (χ3v) is 3.88. The number of carbonyl (C=O) groups excluding carboxylic acids is 1. The van der Waals surface area contributed by atoms with Gasteiger partial charge < -0.3 is 10.3 Å². The summed E-state index contributed by atoms with van der Waals surface area (Å²) in [5.41, 5.74) is 10.2. The zero-order valence-electron chi connectivity index (χ0n) is 10.5. The van der Waals surface area contributed by atoms with Crippen LogP contribution in [0.3, 0.4) is 0 Å². The van der Waals surface area contributed by atoms with Crippen LogP contribution in [0, 0.1) is 0 Å². The minimum atomic E-state index is -0.287. The zero-order valence-corrected chi connectivity index (χ0v) is 11.4. The molecule has 0 fully saturated rings. The summed E-state index contributed by atoms with van der Waals surface area (Å²) in [5.74, 6) is 5.61. The number of amides is 1. The summed E-state index contributed by atoms with van der Waals surface area (Å²) in [4.78, 5) is 17.2. The van der Waals surface area contributed by atoms with Crippen molar-refractivity contribution in [3.63, 3.8) is 0 Å². The Balaban J connectivity index is 2.24. The van der Waals surface area contributed by atoms with Crippen molar-refractivity contribution in [2.45, 2.75) is 6.54 Å². The average molecular weight is 287 g/mol. The van der Waals surface area contributed by atoms with E-state index >= 15 is 0 Å². The molecule has 20 heavy (non-hydrogen) atoms. The SMILES string of the molecule is NNC(=O)Cn1c(-c2cccs2)nc2c(N)cccc21. The summed E-state index contributed by atoms with van der Waals surface area (Å²) in [5, 5.41) is 1.96. The Morgan fingerprint density at radius 2 is 2.20 bits per heavy atom. The number of nitrogen functional groups attached to an aromatic ring is 1. The van der Waals surface area contributed by atoms with Gasteiger partial charge in [-0.05, 0) is 23.6 Å². The molecule has 0 aliphatic rings. The van der Waals surface area contributed by atoms with Gasteiger partial charge in [0, 0.05) is 0 Å². The molecule has 102 valence electrons. The van der Waals surface area contributed by atoms with E-state index < -0.39 is 0 Å². The minimum Gasteiger partial charge on any atom is -0.397 e. The molecule has 1 amide bonds. The first-order valence-corrected chi connectivity index (χ1v) is 6.86. The number of hydrogen-bond donors (Lipinski definition) is 3. The first-order chi connectivity index (χ1) is 9.70. The molecule has 0 spiro atoms. The van der Waals surface area contributed by atoms with Gasteiger partial charge in [-0.25, -0.2) is 10.8 Å². The fourth-order valence-corrected chi connectivity index (χ4v) is 2.83. The molecule has 0 saturated heterocycles. The fourth-order valence-electron chi connectivity index (χ4n) is 2.11. The van der Waals surface area contributed by atoms with Gasteiger partial charge in [-0.15, -0.1) is 11.3 Å². The van der Waals surface area contributed by atoms with Crippen LogP contribution in [0.2, 0.25) is 0 Å². The maximum absolute atomic E-state index is 11.6. The molecule has 0 radical (unpaired) electrons. The molecule has 7 heteroatoms. The normalized spacial score (nSPS) is 10.8. The van der Waals surface area contributed by atoms with Crippen molar-refractivity contribution in [3.8, 4) is 10.7 Å². The molecule has 0 saturated carbocycles. The lowest BCUT2D eigenvalue weighted by atomic mass is 10.3. The summed E-state index contributed by atoms with van der Waals surface area (Å²) in [6, 6.07) is 9.42. The van der Waals surface area contributed by atoms with Gasteiger partial charge >= 0.3 is 0 Å². The van der Waals surface area contributed by atoms with Crippen molar-refractivity contribution in [1.82, 2.24) is 15.0 Å². The highest BCUT2D eigenvalue weighted by atomic mass is 32.1. The Hall–Kier alpha value is -2.38. The Morgan fingerprint density at radius 1 is 1.35 bits per heavy atom. The average Bonchev–Trinajstić information content (AvgIpc) is 3.07. The van der Waals surface area contributed by atoms with E-state index in [9.17, 15) is 4.79 Å². The molecule has 0 atom stereocenters. The first-order valence-electron chi connectivity index (χ1n) is 5.98. The molecular formula is C13H13N5OS. The van der Waals surface area contributed by atoms with Crippen molar-refractivity contribution in [1.29, 1.82) is 0 Å². The molecule has 0 unspecified atom stereocenters. The smallest absolute Gasteiger partial charge is 0.253 e. The van der Waals surface area contributed by atoms with Crippen LogP contribution in [-0.4, -0.2) is 15.5 Å². The number of benzene rings is 1. The molecule has 3 rings (SSSR count). The molecule has 0 aliphatic heterocycles. The number of hydrogen-bond acceptors (Lipinski definition) is 5. The molecule has 0 bridgehead atoms. The summed E-state index contributed by atoms with van der Waals surface area (Å²) >= 11 is 1.56. The Bertz CT molecular complexity index is 763. The van der Waals surface area contributed by atoms with Crippen LogP contribution in [0.4, 0.5) is 5.69 Å². The molecule has 5 N–H and O–H groups in total. The number of anilines is 1. The third kappa shape index (κ3) is 2.02. The third-order valence-electron chi connectivity index (χ3n) is 3.01. The second-order valence-corrected chi connectivity index (χ2v) is 5.23. The highest BCUT2D eigenvalue weighted by Gasteiger charge is 2.16. The highest BCUT2D eigenvalue weighted by Crippen LogP contribution is 2.30. The van der Waals surface area contributed by atoms with Gasteiger partial charge in [-0.1, -0.05) is 12.1 Å². The number of rotatable bonds is 3. The van der Waals surface area contributed by atoms with E-state index in [4.69, 9.17) is 11.6 Å². The van der Waals surface area contributed by atoms with E-state index in [0.717, 1.165) is 16.2 Å². The number of carbonyl (C=O) groups is 1. The summed E-state index contributed by atoms with van der Waals surface area (Å²) in [7, 11) is 0. The first kappa shape index (κ1) is 12.6. The van der Waals surface area contributed by atoms with E-state index in [2.05, 4.69) is 10.4 Å². The zero-order chi connectivity index (χ0) is 14.1. The topological polar surface area (TPSA) is 99.0 Å². The molecule has 0 aliphatic carbocycles. The van der Waals surface area contributed by atoms with E-state index in [-0.39, 0.29) is 12.5 Å². The summed E-state index contributed by atoms with van der Waals surface area (Å²) < 4.78 is 1.82. The van der Waals surface area contributed by atoms with Crippen LogP contribution < -0.4 is 17.0 Å². The molecule has 3 aromatic rings. The van der Waals surface area contributed by atoms with Crippen LogP contribution in [0.25, 0.3) is 21.7 Å². The van der Waals surface area contributed by atoms with Crippen molar-refractivity contribution < 1.29 is 4.79 Å². The van der Waals surface area contributed by atoms with Crippen LogP contribution >= 0.6 is 11.3 Å². The second-order valence-electron chi connectivity index (χ2n) is 4.28. The predicted molar refractivity (Wildman–Crippen MR) is 79.8 cm³/mol. The molecular weight excluding hydrogens is 274 g/mol.